The van der Waals surface area contributed by atoms with Crippen molar-refractivity contribution in [3.05, 3.63) is 35.4 Å². The molecular weight excluding hydrogens is 316 g/mol. The Morgan fingerprint density at radius 1 is 1.40 bits per heavy atom. The summed E-state index contributed by atoms with van der Waals surface area (Å²) < 4.78 is 37.4. The summed E-state index contributed by atoms with van der Waals surface area (Å²) >= 11 is 4.83. The summed E-state index contributed by atoms with van der Waals surface area (Å²) in [5.74, 6) is -0.131. The van der Waals surface area contributed by atoms with E-state index in [1.54, 1.807) is 37.4 Å². The maximum atomic E-state index is 11.9. The van der Waals surface area contributed by atoms with E-state index < -0.39 is 20.8 Å². The maximum Gasteiger partial charge on any atom is 0.215 e. The highest BCUT2D eigenvalue weighted by Crippen LogP contribution is 2.08. The zero-order valence-electron chi connectivity index (χ0n) is 11.3. The predicted octanol–water partition coefficient (Wildman–Crippen LogP) is 0.507. The van der Waals surface area contributed by atoms with Crippen LogP contribution >= 0.6 is 12.2 Å². The standard InChI is InChI=1S/C12H18N2O3S3/c1-9(19(2)15)7-14-20(16,17)8-10-3-5-11(6-4-10)12(13)18/h3-6,9,14H,7-8H2,1-2H3,(H2,13,18). The lowest BCUT2D eigenvalue weighted by atomic mass is 10.1. The van der Waals surface area contributed by atoms with E-state index in [4.69, 9.17) is 18.0 Å². The van der Waals surface area contributed by atoms with E-state index in [2.05, 4.69) is 4.72 Å². The van der Waals surface area contributed by atoms with Crippen LogP contribution in [0.15, 0.2) is 24.3 Å². The van der Waals surface area contributed by atoms with Gasteiger partial charge in [0.05, 0.1) is 5.75 Å². The molecule has 0 fully saturated rings. The summed E-state index contributed by atoms with van der Waals surface area (Å²) in [5.41, 5.74) is 6.81. The third-order valence-corrected chi connectivity index (χ3v) is 5.61. The molecule has 0 spiro atoms. The molecule has 8 heteroatoms. The molecule has 0 bridgehead atoms. The fourth-order valence-corrected chi connectivity index (χ4v) is 3.19. The summed E-state index contributed by atoms with van der Waals surface area (Å²) in [5, 5.41) is -0.221. The number of hydrogen-bond acceptors (Lipinski definition) is 4. The van der Waals surface area contributed by atoms with Gasteiger partial charge in [-0.05, 0) is 12.5 Å². The van der Waals surface area contributed by atoms with Gasteiger partial charge < -0.3 is 5.73 Å². The minimum atomic E-state index is -3.44. The molecular formula is C12H18N2O3S3. The normalized spacial score (nSPS) is 14.7. The third-order valence-electron chi connectivity index (χ3n) is 2.75. The largest absolute Gasteiger partial charge is 0.389 e. The molecule has 3 N–H and O–H groups in total. The molecule has 2 atom stereocenters. The maximum absolute atomic E-state index is 11.9. The van der Waals surface area contributed by atoms with Gasteiger partial charge in [-0.15, -0.1) is 0 Å². The summed E-state index contributed by atoms with van der Waals surface area (Å²) in [6.07, 6.45) is 1.55. The Bertz CT molecular complexity index is 597. The van der Waals surface area contributed by atoms with Crippen molar-refractivity contribution in [3.63, 3.8) is 0 Å². The number of nitrogens with two attached hydrogens (primary N) is 1. The second-order valence-electron chi connectivity index (χ2n) is 4.48. The molecule has 2 unspecified atom stereocenters. The summed E-state index contributed by atoms with van der Waals surface area (Å²) in [6.45, 7) is 1.89. The Kier molecular flexibility index (Phi) is 6.25. The average molecular weight is 334 g/mol. The van der Waals surface area contributed by atoms with Gasteiger partial charge in [0.1, 0.15) is 4.99 Å². The van der Waals surface area contributed by atoms with Crippen LogP contribution in [-0.4, -0.2) is 35.7 Å². The second kappa shape index (κ2) is 7.26. The second-order valence-corrected chi connectivity index (χ2v) is 8.53. The molecule has 0 aliphatic heterocycles. The molecule has 1 aromatic carbocycles. The lowest BCUT2D eigenvalue weighted by Gasteiger charge is -2.11. The van der Waals surface area contributed by atoms with Crippen LogP contribution in [-0.2, 0) is 26.6 Å². The van der Waals surface area contributed by atoms with Crippen LogP contribution in [0.2, 0.25) is 0 Å². The van der Waals surface area contributed by atoms with Crippen molar-refractivity contribution in [1.29, 1.82) is 0 Å². The summed E-state index contributed by atoms with van der Waals surface area (Å²) in [4.78, 5) is 0.275. The minimum absolute atomic E-state index is 0.131. The van der Waals surface area contributed by atoms with Crippen molar-refractivity contribution >= 4 is 38.0 Å². The lowest BCUT2D eigenvalue weighted by molar-refractivity contribution is 0.580. The van der Waals surface area contributed by atoms with Crippen molar-refractivity contribution in [3.8, 4) is 0 Å². The highest BCUT2D eigenvalue weighted by atomic mass is 32.2. The Morgan fingerprint density at radius 2 is 1.95 bits per heavy atom. The molecule has 0 aromatic heterocycles. The van der Waals surface area contributed by atoms with E-state index in [1.807, 2.05) is 0 Å². The topological polar surface area (TPSA) is 89.3 Å². The summed E-state index contributed by atoms with van der Waals surface area (Å²) in [6, 6.07) is 6.73. The number of hydrogen-bond donors (Lipinski definition) is 2. The van der Waals surface area contributed by atoms with E-state index in [-0.39, 0.29) is 22.5 Å². The number of benzene rings is 1. The molecule has 1 aromatic rings. The molecule has 0 saturated carbocycles. The molecule has 20 heavy (non-hydrogen) atoms. The quantitative estimate of drug-likeness (QED) is 0.709. The molecule has 0 aliphatic carbocycles. The van der Waals surface area contributed by atoms with E-state index >= 15 is 0 Å². The van der Waals surface area contributed by atoms with Crippen LogP contribution in [0.1, 0.15) is 18.1 Å². The zero-order valence-corrected chi connectivity index (χ0v) is 13.8. The third kappa shape index (κ3) is 5.66. The van der Waals surface area contributed by atoms with E-state index in [0.29, 0.717) is 11.1 Å². The van der Waals surface area contributed by atoms with Crippen LogP contribution in [0.4, 0.5) is 0 Å². The number of sulfonamides is 1. The minimum Gasteiger partial charge on any atom is -0.389 e. The van der Waals surface area contributed by atoms with Gasteiger partial charge in [0, 0.05) is 34.4 Å². The monoisotopic (exact) mass is 334 g/mol. The molecule has 0 heterocycles. The first-order chi connectivity index (χ1) is 9.21. The van der Waals surface area contributed by atoms with Gasteiger partial charge in [-0.25, -0.2) is 13.1 Å². The van der Waals surface area contributed by atoms with E-state index in [9.17, 15) is 12.6 Å². The Balaban J connectivity index is 2.66. The Morgan fingerprint density at radius 3 is 2.40 bits per heavy atom. The average Bonchev–Trinajstić information content (AvgIpc) is 2.36. The Labute approximate surface area is 127 Å². The van der Waals surface area contributed by atoms with Crippen LogP contribution in [0.5, 0.6) is 0 Å². The number of nitrogens with one attached hydrogen (secondary N) is 1. The van der Waals surface area contributed by atoms with Crippen molar-refractivity contribution in [1.82, 2.24) is 4.72 Å². The lowest BCUT2D eigenvalue weighted by Crippen LogP contribution is -2.33. The smallest absolute Gasteiger partial charge is 0.215 e. The molecule has 0 saturated heterocycles. The predicted molar refractivity (Wildman–Crippen MR) is 86.5 cm³/mol. The van der Waals surface area contributed by atoms with Crippen molar-refractivity contribution < 1.29 is 12.6 Å². The Hall–Kier alpha value is -0.830. The highest BCUT2D eigenvalue weighted by Gasteiger charge is 2.14. The van der Waals surface area contributed by atoms with Gasteiger partial charge >= 0.3 is 0 Å². The zero-order chi connectivity index (χ0) is 15.3. The van der Waals surface area contributed by atoms with Crippen LogP contribution < -0.4 is 10.5 Å². The van der Waals surface area contributed by atoms with Gasteiger partial charge in [-0.2, -0.15) is 0 Å². The van der Waals surface area contributed by atoms with E-state index in [0.717, 1.165) is 0 Å². The van der Waals surface area contributed by atoms with Gasteiger partial charge in [0.2, 0.25) is 10.0 Å². The SMILES string of the molecule is CC(CNS(=O)(=O)Cc1ccc(C(N)=S)cc1)S(C)=O. The molecule has 0 aliphatic rings. The fourth-order valence-electron chi connectivity index (χ4n) is 1.40. The van der Waals surface area contributed by atoms with Gasteiger partial charge in [0.15, 0.2) is 0 Å². The first kappa shape index (κ1) is 17.2. The van der Waals surface area contributed by atoms with E-state index in [1.165, 1.54) is 0 Å². The molecule has 5 nitrogen and oxygen atoms in total. The molecule has 112 valence electrons. The molecule has 0 amide bonds. The first-order valence-electron chi connectivity index (χ1n) is 5.89. The van der Waals surface area contributed by atoms with Crippen molar-refractivity contribution in [2.24, 2.45) is 5.73 Å². The molecule has 0 radical (unpaired) electrons. The number of thiocarbonyl (C=S) groups is 1. The fraction of sp³-hybridized carbons (Fsp3) is 0.417. The van der Waals surface area contributed by atoms with Gasteiger partial charge in [-0.1, -0.05) is 36.5 Å². The van der Waals surface area contributed by atoms with Gasteiger partial charge in [0.25, 0.3) is 0 Å². The summed E-state index contributed by atoms with van der Waals surface area (Å²) in [7, 11) is -4.50. The number of rotatable bonds is 7. The highest BCUT2D eigenvalue weighted by molar-refractivity contribution is 7.88. The van der Waals surface area contributed by atoms with Crippen molar-refractivity contribution in [2.45, 2.75) is 17.9 Å². The van der Waals surface area contributed by atoms with Gasteiger partial charge in [-0.3, -0.25) is 4.21 Å². The first-order valence-corrected chi connectivity index (χ1v) is 9.58. The van der Waals surface area contributed by atoms with Crippen LogP contribution in [0.3, 0.4) is 0 Å². The molecule has 1 rings (SSSR count). The van der Waals surface area contributed by atoms with Crippen molar-refractivity contribution in [2.75, 3.05) is 12.8 Å². The van der Waals surface area contributed by atoms with Crippen LogP contribution in [0.25, 0.3) is 0 Å². The van der Waals surface area contributed by atoms with Crippen LogP contribution in [0, 0.1) is 0 Å².